The van der Waals surface area contributed by atoms with E-state index in [1.54, 1.807) is 32.4 Å². The average molecular weight is 361 g/mol. The predicted octanol–water partition coefficient (Wildman–Crippen LogP) is 2.66. The molecule has 2 aromatic carbocycles. The molecule has 0 aliphatic carbocycles. The Hall–Kier alpha value is -3.09. The van der Waals surface area contributed by atoms with Crippen molar-refractivity contribution >= 4 is 5.91 Å². The molecular weight excluding hydrogens is 338 g/mol. The summed E-state index contributed by atoms with van der Waals surface area (Å²) in [5.74, 6) is 2.18. The summed E-state index contributed by atoms with van der Waals surface area (Å²) in [5.41, 5.74) is 1.13. The van der Waals surface area contributed by atoms with Crippen LogP contribution >= 0.6 is 0 Å². The maximum Gasteiger partial charge on any atom is 0.255 e. The highest BCUT2D eigenvalue weighted by Crippen LogP contribution is 2.35. The molecule has 140 valence electrons. The number of amides is 1. The standard InChI is InChI=1S/C19H23NO6/c1-22-14-8-6-7-12(18(14)26-5)11-20-19(21)13-9-16(24-3)17(25-4)10-15(13)23-2/h6-10H,11H2,1-5H3,(H,20,21). The summed E-state index contributed by atoms with van der Waals surface area (Å²) >= 11 is 0. The number of hydrogen-bond acceptors (Lipinski definition) is 6. The van der Waals surface area contributed by atoms with Gasteiger partial charge in [0.05, 0.1) is 41.1 Å². The molecule has 2 rings (SSSR count). The van der Waals surface area contributed by atoms with Crippen LogP contribution in [0.5, 0.6) is 28.7 Å². The molecule has 26 heavy (non-hydrogen) atoms. The Kier molecular flexibility index (Phi) is 6.54. The molecule has 0 unspecified atom stereocenters. The Morgan fingerprint density at radius 3 is 2.00 bits per heavy atom. The average Bonchev–Trinajstić information content (AvgIpc) is 2.70. The molecule has 0 bridgehead atoms. The fraction of sp³-hybridized carbons (Fsp3) is 0.316. The summed E-state index contributed by atoms with van der Waals surface area (Å²) in [6.45, 7) is 0.261. The van der Waals surface area contributed by atoms with Crippen molar-refractivity contribution in [3.63, 3.8) is 0 Å². The van der Waals surface area contributed by atoms with E-state index in [4.69, 9.17) is 23.7 Å². The van der Waals surface area contributed by atoms with Gasteiger partial charge >= 0.3 is 0 Å². The first-order valence-electron chi connectivity index (χ1n) is 7.87. The van der Waals surface area contributed by atoms with Crippen molar-refractivity contribution in [3.05, 3.63) is 41.5 Å². The number of rotatable bonds is 8. The molecule has 7 heteroatoms. The fourth-order valence-corrected chi connectivity index (χ4v) is 2.57. The van der Waals surface area contributed by atoms with Crippen LogP contribution in [0.1, 0.15) is 15.9 Å². The number of methoxy groups -OCH3 is 5. The van der Waals surface area contributed by atoms with Crippen molar-refractivity contribution in [3.8, 4) is 28.7 Å². The highest BCUT2D eigenvalue weighted by atomic mass is 16.5. The van der Waals surface area contributed by atoms with Crippen molar-refractivity contribution in [1.82, 2.24) is 5.32 Å². The third-order valence-electron chi connectivity index (χ3n) is 3.87. The Labute approximate surface area is 152 Å². The summed E-state index contributed by atoms with van der Waals surface area (Å²) in [7, 11) is 7.64. The van der Waals surface area contributed by atoms with Gasteiger partial charge in [0.15, 0.2) is 23.0 Å². The van der Waals surface area contributed by atoms with Crippen LogP contribution in [0.4, 0.5) is 0 Å². The van der Waals surface area contributed by atoms with Crippen LogP contribution < -0.4 is 29.0 Å². The van der Waals surface area contributed by atoms with Gasteiger partial charge in [-0.05, 0) is 6.07 Å². The number of carbonyl (C=O) groups excluding carboxylic acids is 1. The van der Waals surface area contributed by atoms with E-state index in [-0.39, 0.29) is 12.5 Å². The van der Waals surface area contributed by atoms with Gasteiger partial charge in [-0.15, -0.1) is 0 Å². The van der Waals surface area contributed by atoms with Gasteiger partial charge in [-0.2, -0.15) is 0 Å². The smallest absolute Gasteiger partial charge is 0.255 e. The first kappa shape index (κ1) is 19.2. The van der Waals surface area contributed by atoms with Gasteiger partial charge in [0.2, 0.25) is 0 Å². The van der Waals surface area contributed by atoms with E-state index < -0.39 is 0 Å². The van der Waals surface area contributed by atoms with Crippen LogP contribution in [0, 0.1) is 0 Å². The molecule has 0 aliphatic heterocycles. The summed E-state index contributed by atoms with van der Waals surface area (Å²) in [5, 5.41) is 2.85. The molecule has 1 amide bonds. The monoisotopic (exact) mass is 361 g/mol. The zero-order valence-corrected chi connectivity index (χ0v) is 15.5. The second kappa shape index (κ2) is 8.84. The number of ether oxygens (including phenoxy) is 5. The normalized spacial score (nSPS) is 10.0. The van der Waals surface area contributed by atoms with Crippen molar-refractivity contribution in [2.45, 2.75) is 6.54 Å². The lowest BCUT2D eigenvalue weighted by Gasteiger charge is -2.15. The Bertz CT molecular complexity index is 775. The molecule has 0 aliphatic rings. The van der Waals surface area contributed by atoms with Crippen LogP contribution in [-0.4, -0.2) is 41.5 Å². The van der Waals surface area contributed by atoms with Crippen molar-refractivity contribution in [2.24, 2.45) is 0 Å². The van der Waals surface area contributed by atoms with Crippen LogP contribution in [-0.2, 0) is 6.54 Å². The predicted molar refractivity (Wildman–Crippen MR) is 96.8 cm³/mol. The summed E-state index contributed by atoms with van der Waals surface area (Å²) < 4.78 is 26.4. The molecule has 0 spiro atoms. The molecule has 0 radical (unpaired) electrons. The largest absolute Gasteiger partial charge is 0.496 e. The first-order chi connectivity index (χ1) is 12.6. The summed E-state index contributed by atoms with van der Waals surface area (Å²) in [6, 6.07) is 8.67. The van der Waals surface area contributed by atoms with Gasteiger partial charge < -0.3 is 29.0 Å². The molecule has 0 saturated heterocycles. The molecule has 7 nitrogen and oxygen atoms in total. The molecule has 0 heterocycles. The van der Waals surface area contributed by atoms with E-state index in [1.165, 1.54) is 21.3 Å². The zero-order chi connectivity index (χ0) is 19.1. The minimum absolute atomic E-state index is 0.261. The Morgan fingerprint density at radius 1 is 0.808 bits per heavy atom. The molecule has 0 atom stereocenters. The van der Waals surface area contributed by atoms with E-state index in [9.17, 15) is 4.79 Å². The molecular formula is C19H23NO6. The van der Waals surface area contributed by atoms with Crippen LogP contribution in [0.3, 0.4) is 0 Å². The van der Waals surface area contributed by atoms with Crippen LogP contribution in [0.25, 0.3) is 0 Å². The number of benzene rings is 2. The number of para-hydroxylation sites is 1. The van der Waals surface area contributed by atoms with Crippen LogP contribution in [0.15, 0.2) is 30.3 Å². The summed E-state index contributed by atoms with van der Waals surface area (Å²) in [4.78, 5) is 12.7. The molecule has 2 aromatic rings. The van der Waals surface area contributed by atoms with Crippen molar-refractivity contribution in [1.29, 1.82) is 0 Å². The van der Waals surface area contributed by atoms with Gasteiger partial charge in [-0.25, -0.2) is 0 Å². The quantitative estimate of drug-likeness (QED) is 0.779. The third-order valence-corrected chi connectivity index (χ3v) is 3.87. The van der Waals surface area contributed by atoms with Crippen molar-refractivity contribution < 1.29 is 28.5 Å². The minimum Gasteiger partial charge on any atom is -0.496 e. The second-order valence-electron chi connectivity index (χ2n) is 5.24. The molecule has 0 fully saturated rings. The van der Waals surface area contributed by atoms with Gasteiger partial charge in [0, 0.05) is 24.2 Å². The Morgan fingerprint density at radius 2 is 1.42 bits per heavy atom. The SMILES string of the molecule is COc1cc(OC)c(C(=O)NCc2cccc(OC)c2OC)cc1OC. The van der Waals surface area contributed by atoms with Gasteiger partial charge in [0.25, 0.3) is 5.91 Å². The highest BCUT2D eigenvalue weighted by Gasteiger charge is 2.18. The van der Waals surface area contributed by atoms with Gasteiger partial charge in [0.1, 0.15) is 5.75 Å². The number of carbonyl (C=O) groups is 1. The van der Waals surface area contributed by atoms with E-state index in [2.05, 4.69) is 5.32 Å². The zero-order valence-electron chi connectivity index (χ0n) is 15.5. The second-order valence-corrected chi connectivity index (χ2v) is 5.24. The van der Waals surface area contributed by atoms with E-state index in [1.807, 2.05) is 12.1 Å². The highest BCUT2D eigenvalue weighted by molar-refractivity contribution is 5.97. The van der Waals surface area contributed by atoms with E-state index in [0.717, 1.165) is 5.56 Å². The topological polar surface area (TPSA) is 75.3 Å². The maximum absolute atomic E-state index is 12.7. The summed E-state index contributed by atoms with van der Waals surface area (Å²) in [6.07, 6.45) is 0. The van der Waals surface area contributed by atoms with Crippen molar-refractivity contribution in [2.75, 3.05) is 35.5 Å². The van der Waals surface area contributed by atoms with E-state index in [0.29, 0.717) is 34.3 Å². The molecule has 0 aromatic heterocycles. The van der Waals surface area contributed by atoms with Gasteiger partial charge in [-0.3, -0.25) is 4.79 Å². The first-order valence-corrected chi connectivity index (χ1v) is 7.87. The molecule has 1 N–H and O–H groups in total. The third kappa shape index (κ3) is 3.93. The number of nitrogens with one attached hydrogen (secondary N) is 1. The maximum atomic E-state index is 12.7. The lowest BCUT2D eigenvalue weighted by atomic mass is 10.1. The fourth-order valence-electron chi connectivity index (χ4n) is 2.57. The van der Waals surface area contributed by atoms with Gasteiger partial charge in [-0.1, -0.05) is 12.1 Å². The lowest BCUT2D eigenvalue weighted by molar-refractivity contribution is 0.0947. The molecule has 0 saturated carbocycles. The minimum atomic E-state index is -0.312. The Balaban J connectivity index is 2.26. The van der Waals surface area contributed by atoms with Crippen LogP contribution in [0.2, 0.25) is 0 Å². The number of hydrogen-bond donors (Lipinski definition) is 1. The van der Waals surface area contributed by atoms with E-state index >= 15 is 0 Å². The lowest BCUT2D eigenvalue weighted by Crippen LogP contribution is -2.23.